The van der Waals surface area contributed by atoms with Crippen LogP contribution in [0.15, 0.2) is 73.1 Å². The van der Waals surface area contributed by atoms with E-state index in [1.54, 1.807) is 11.1 Å². The van der Waals surface area contributed by atoms with Crippen LogP contribution >= 0.6 is 0 Å². The van der Waals surface area contributed by atoms with E-state index in [0.29, 0.717) is 18.1 Å². The van der Waals surface area contributed by atoms with Gasteiger partial charge in [-0.3, -0.25) is 4.79 Å². The second kappa shape index (κ2) is 8.25. The highest BCUT2D eigenvalue weighted by atomic mass is 16.2. The molecular formula is C21H22N4O. The molecule has 0 fully saturated rings. The fourth-order valence-electron chi connectivity index (χ4n) is 2.75. The molecule has 0 aliphatic carbocycles. The fraction of sp³-hybridized carbons (Fsp3) is 0.190. The predicted molar refractivity (Wildman–Crippen MR) is 104 cm³/mol. The maximum atomic E-state index is 12.7. The van der Waals surface area contributed by atoms with E-state index in [0.717, 1.165) is 11.3 Å². The second-order valence-corrected chi connectivity index (χ2v) is 5.95. The summed E-state index contributed by atoms with van der Waals surface area (Å²) in [5.41, 5.74) is 2.34. The first-order valence-corrected chi connectivity index (χ1v) is 8.69. The molecule has 0 aliphatic heterocycles. The van der Waals surface area contributed by atoms with Gasteiger partial charge in [0.25, 0.3) is 5.91 Å². The average Bonchev–Trinajstić information content (AvgIpc) is 2.70. The van der Waals surface area contributed by atoms with Gasteiger partial charge >= 0.3 is 0 Å². The van der Waals surface area contributed by atoms with E-state index >= 15 is 0 Å². The molecule has 3 rings (SSSR count). The molecule has 1 heterocycles. The van der Waals surface area contributed by atoms with E-state index in [1.807, 2.05) is 55.5 Å². The van der Waals surface area contributed by atoms with Crippen LogP contribution in [0.3, 0.4) is 0 Å². The Kier molecular flexibility index (Phi) is 5.59. The average molecular weight is 346 g/mol. The number of amides is 1. The Morgan fingerprint density at radius 2 is 1.65 bits per heavy atom. The molecule has 2 aromatic carbocycles. The number of benzene rings is 2. The van der Waals surface area contributed by atoms with Crippen molar-refractivity contribution in [3.8, 4) is 0 Å². The van der Waals surface area contributed by atoms with Crippen LogP contribution < -0.4 is 10.2 Å². The van der Waals surface area contributed by atoms with Gasteiger partial charge in [-0.15, -0.1) is 0 Å². The minimum Gasteiger partial charge on any atom is -0.362 e. The third kappa shape index (κ3) is 4.06. The van der Waals surface area contributed by atoms with Crippen LogP contribution in [-0.2, 0) is 0 Å². The molecule has 132 valence electrons. The van der Waals surface area contributed by atoms with Crippen LogP contribution in [0.25, 0.3) is 0 Å². The predicted octanol–water partition coefficient (Wildman–Crippen LogP) is 4.32. The van der Waals surface area contributed by atoms with E-state index in [9.17, 15) is 4.79 Å². The summed E-state index contributed by atoms with van der Waals surface area (Å²) in [5.74, 6) is 0.481. The Morgan fingerprint density at radius 3 is 2.23 bits per heavy atom. The molecule has 1 amide bonds. The van der Waals surface area contributed by atoms with Gasteiger partial charge in [0.2, 0.25) is 0 Å². The van der Waals surface area contributed by atoms with Crippen molar-refractivity contribution in [3.05, 3.63) is 84.3 Å². The summed E-state index contributed by atoms with van der Waals surface area (Å²) >= 11 is 0. The van der Waals surface area contributed by atoms with Crippen molar-refractivity contribution in [2.24, 2.45) is 0 Å². The molecule has 0 bridgehead atoms. The van der Waals surface area contributed by atoms with E-state index < -0.39 is 0 Å². The van der Waals surface area contributed by atoms with Crippen LogP contribution in [-0.4, -0.2) is 22.4 Å². The van der Waals surface area contributed by atoms with Crippen LogP contribution in [0.4, 0.5) is 11.5 Å². The Labute approximate surface area is 153 Å². The summed E-state index contributed by atoms with van der Waals surface area (Å²) in [6, 6.07) is 19.8. The number of aromatic nitrogens is 2. The van der Waals surface area contributed by atoms with Crippen LogP contribution in [0.5, 0.6) is 0 Å². The van der Waals surface area contributed by atoms with Crippen LogP contribution in [0.2, 0.25) is 0 Å². The van der Waals surface area contributed by atoms with Crippen LogP contribution in [0, 0.1) is 0 Å². The number of rotatable bonds is 6. The summed E-state index contributed by atoms with van der Waals surface area (Å²) < 4.78 is 0. The van der Waals surface area contributed by atoms with Gasteiger partial charge in [-0.1, -0.05) is 48.5 Å². The van der Waals surface area contributed by atoms with Gasteiger partial charge in [-0.2, -0.15) is 0 Å². The zero-order valence-corrected chi connectivity index (χ0v) is 15.0. The fourth-order valence-corrected chi connectivity index (χ4v) is 2.75. The van der Waals surface area contributed by atoms with Crippen molar-refractivity contribution >= 4 is 17.4 Å². The smallest absolute Gasteiger partial charge is 0.278 e. The Morgan fingerprint density at radius 1 is 1.00 bits per heavy atom. The summed E-state index contributed by atoms with van der Waals surface area (Å²) in [6.45, 7) is 4.57. The summed E-state index contributed by atoms with van der Waals surface area (Å²) in [6.07, 6.45) is 3.12. The number of anilines is 2. The molecule has 0 radical (unpaired) electrons. The molecule has 0 spiro atoms. The van der Waals surface area contributed by atoms with Crippen molar-refractivity contribution in [2.45, 2.75) is 19.9 Å². The number of nitrogens with one attached hydrogen (secondary N) is 1. The molecule has 1 unspecified atom stereocenters. The third-order valence-corrected chi connectivity index (χ3v) is 4.16. The molecule has 0 saturated carbocycles. The Balaban J connectivity index is 1.71. The van der Waals surface area contributed by atoms with Gasteiger partial charge < -0.3 is 10.2 Å². The SMILES string of the molecule is CCN(C(=O)c1cnc(NC(C)c2ccccc2)cn1)c1ccccc1. The summed E-state index contributed by atoms with van der Waals surface area (Å²) in [5, 5.41) is 3.30. The lowest BCUT2D eigenvalue weighted by molar-refractivity contribution is 0.0983. The van der Waals surface area contributed by atoms with E-state index in [4.69, 9.17) is 0 Å². The number of hydrogen-bond acceptors (Lipinski definition) is 4. The van der Waals surface area contributed by atoms with Gasteiger partial charge in [-0.25, -0.2) is 9.97 Å². The standard InChI is InChI=1S/C21H22N4O/c1-3-25(18-12-8-5-9-13-18)21(26)19-14-23-20(15-22-19)24-16(2)17-10-6-4-7-11-17/h4-16H,3H2,1-2H3,(H,23,24). The van der Waals surface area contributed by atoms with Crippen molar-refractivity contribution in [1.82, 2.24) is 9.97 Å². The van der Waals surface area contributed by atoms with Crippen molar-refractivity contribution in [2.75, 3.05) is 16.8 Å². The summed E-state index contributed by atoms with van der Waals surface area (Å²) in [7, 11) is 0. The molecule has 3 aromatic rings. The zero-order chi connectivity index (χ0) is 18.4. The number of para-hydroxylation sites is 1. The summed E-state index contributed by atoms with van der Waals surface area (Å²) in [4.78, 5) is 23.1. The minimum absolute atomic E-state index is 0.100. The molecule has 0 saturated heterocycles. The second-order valence-electron chi connectivity index (χ2n) is 5.95. The molecule has 26 heavy (non-hydrogen) atoms. The highest BCUT2D eigenvalue weighted by Gasteiger charge is 2.17. The van der Waals surface area contributed by atoms with Gasteiger partial charge in [0, 0.05) is 18.3 Å². The lowest BCUT2D eigenvalue weighted by Crippen LogP contribution is -2.31. The normalized spacial score (nSPS) is 11.6. The van der Waals surface area contributed by atoms with Gasteiger partial charge in [0.15, 0.2) is 0 Å². The molecule has 5 nitrogen and oxygen atoms in total. The van der Waals surface area contributed by atoms with E-state index in [1.165, 1.54) is 6.20 Å². The van der Waals surface area contributed by atoms with Gasteiger partial charge in [0.1, 0.15) is 11.5 Å². The van der Waals surface area contributed by atoms with E-state index in [-0.39, 0.29) is 11.9 Å². The number of carbonyl (C=O) groups is 1. The molecule has 0 aliphatic rings. The highest BCUT2D eigenvalue weighted by Crippen LogP contribution is 2.18. The van der Waals surface area contributed by atoms with Gasteiger partial charge in [0.05, 0.1) is 12.4 Å². The monoisotopic (exact) mass is 346 g/mol. The topological polar surface area (TPSA) is 58.1 Å². The Bertz CT molecular complexity index is 835. The molecule has 1 aromatic heterocycles. The first-order valence-electron chi connectivity index (χ1n) is 8.69. The molecule has 1 N–H and O–H groups in total. The van der Waals surface area contributed by atoms with Crippen LogP contribution in [0.1, 0.15) is 35.9 Å². The van der Waals surface area contributed by atoms with Crippen molar-refractivity contribution in [1.29, 1.82) is 0 Å². The van der Waals surface area contributed by atoms with E-state index in [2.05, 4.69) is 34.3 Å². The lowest BCUT2D eigenvalue weighted by atomic mass is 10.1. The minimum atomic E-state index is -0.158. The first-order chi connectivity index (χ1) is 12.7. The molecule has 5 heteroatoms. The lowest BCUT2D eigenvalue weighted by Gasteiger charge is -2.20. The molecular weight excluding hydrogens is 324 g/mol. The molecule has 1 atom stereocenters. The maximum Gasteiger partial charge on any atom is 0.278 e. The number of carbonyl (C=O) groups excluding carboxylic acids is 1. The number of nitrogens with zero attached hydrogens (tertiary/aromatic N) is 3. The van der Waals surface area contributed by atoms with Crippen molar-refractivity contribution < 1.29 is 4.79 Å². The maximum absolute atomic E-state index is 12.7. The first kappa shape index (κ1) is 17.6. The quantitative estimate of drug-likeness (QED) is 0.722. The Hall–Kier alpha value is -3.21. The van der Waals surface area contributed by atoms with Crippen molar-refractivity contribution in [3.63, 3.8) is 0 Å². The number of hydrogen-bond donors (Lipinski definition) is 1. The largest absolute Gasteiger partial charge is 0.362 e. The van der Waals surface area contributed by atoms with Gasteiger partial charge in [-0.05, 0) is 31.5 Å². The zero-order valence-electron chi connectivity index (χ0n) is 15.0. The third-order valence-electron chi connectivity index (χ3n) is 4.16. The highest BCUT2D eigenvalue weighted by molar-refractivity contribution is 6.04.